The van der Waals surface area contributed by atoms with E-state index in [9.17, 15) is 5.11 Å². The zero-order chi connectivity index (χ0) is 15.6. The lowest BCUT2D eigenvalue weighted by Gasteiger charge is -2.29. The van der Waals surface area contributed by atoms with Crippen LogP contribution in [0.2, 0.25) is 0 Å². The SMILES string of the molecule is Oc1c(C(c2ccccc2)N2CCCC2)ccc2cccnc12. The number of phenols is 1. The van der Waals surface area contributed by atoms with Gasteiger partial charge in [-0.15, -0.1) is 0 Å². The van der Waals surface area contributed by atoms with Crippen molar-refractivity contribution >= 4 is 10.9 Å². The number of hydrogen-bond acceptors (Lipinski definition) is 3. The molecule has 1 aliphatic rings. The lowest BCUT2D eigenvalue weighted by Crippen LogP contribution is -2.26. The molecule has 1 N–H and O–H groups in total. The topological polar surface area (TPSA) is 36.4 Å². The Kier molecular flexibility index (Phi) is 3.72. The second kappa shape index (κ2) is 6.01. The fourth-order valence-electron chi connectivity index (χ4n) is 3.59. The molecule has 3 aromatic rings. The molecule has 2 heterocycles. The minimum absolute atomic E-state index is 0.0881. The number of aromatic hydroxyl groups is 1. The summed E-state index contributed by atoms with van der Waals surface area (Å²) in [4.78, 5) is 6.83. The van der Waals surface area contributed by atoms with E-state index in [0.717, 1.165) is 24.0 Å². The molecular formula is C20H20N2O. The molecule has 0 amide bonds. The highest BCUT2D eigenvalue weighted by molar-refractivity contribution is 5.85. The molecule has 2 aromatic carbocycles. The van der Waals surface area contributed by atoms with Crippen LogP contribution in [0.25, 0.3) is 10.9 Å². The van der Waals surface area contributed by atoms with E-state index in [1.54, 1.807) is 6.20 Å². The Morgan fingerprint density at radius 1 is 0.913 bits per heavy atom. The quantitative estimate of drug-likeness (QED) is 0.790. The molecule has 0 saturated carbocycles. The summed E-state index contributed by atoms with van der Waals surface area (Å²) >= 11 is 0. The molecule has 1 unspecified atom stereocenters. The number of hydrogen-bond donors (Lipinski definition) is 1. The highest BCUT2D eigenvalue weighted by Crippen LogP contribution is 2.38. The van der Waals surface area contributed by atoms with Gasteiger partial charge in [-0.3, -0.25) is 9.88 Å². The summed E-state index contributed by atoms with van der Waals surface area (Å²) in [7, 11) is 0. The number of pyridine rings is 1. The standard InChI is InChI=1S/C20H20N2O/c23-20-17(11-10-15-9-6-12-21-18(15)20)19(22-13-4-5-14-22)16-7-2-1-3-8-16/h1-3,6-12,19,23H,4-5,13-14H2. The van der Waals surface area contributed by atoms with Gasteiger partial charge in [-0.25, -0.2) is 0 Å². The van der Waals surface area contributed by atoms with Crippen LogP contribution in [-0.4, -0.2) is 28.1 Å². The van der Waals surface area contributed by atoms with Gasteiger partial charge >= 0.3 is 0 Å². The highest BCUT2D eigenvalue weighted by Gasteiger charge is 2.27. The first-order valence-electron chi connectivity index (χ1n) is 8.20. The van der Waals surface area contributed by atoms with E-state index in [1.165, 1.54) is 18.4 Å². The zero-order valence-corrected chi connectivity index (χ0v) is 13.0. The van der Waals surface area contributed by atoms with Gasteiger partial charge in [0.25, 0.3) is 0 Å². The van der Waals surface area contributed by atoms with E-state index < -0.39 is 0 Å². The number of phenolic OH excluding ortho intramolecular Hbond substituents is 1. The smallest absolute Gasteiger partial charge is 0.146 e. The summed E-state index contributed by atoms with van der Waals surface area (Å²) in [5.74, 6) is 0.309. The van der Waals surface area contributed by atoms with Crippen LogP contribution in [0.15, 0.2) is 60.8 Å². The van der Waals surface area contributed by atoms with Crippen molar-refractivity contribution in [1.29, 1.82) is 0 Å². The van der Waals surface area contributed by atoms with Crippen LogP contribution in [0.4, 0.5) is 0 Å². The summed E-state index contributed by atoms with van der Waals surface area (Å²) in [5.41, 5.74) is 2.86. The minimum Gasteiger partial charge on any atom is -0.505 e. The van der Waals surface area contributed by atoms with Crippen molar-refractivity contribution in [3.63, 3.8) is 0 Å². The lowest BCUT2D eigenvalue weighted by atomic mass is 9.95. The molecule has 1 atom stereocenters. The average molecular weight is 304 g/mol. The first kappa shape index (κ1) is 14.2. The number of aromatic nitrogens is 1. The van der Waals surface area contributed by atoms with E-state index >= 15 is 0 Å². The second-order valence-electron chi connectivity index (χ2n) is 6.13. The van der Waals surface area contributed by atoms with Crippen molar-refractivity contribution in [3.8, 4) is 5.75 Å². The third kappa shape index (κ3) is 2.57. The van der Waals surface area contributed by atoms with Crippen LogP contribution in [0, 0.1) is 0 Å². The van der Waals surface area contributed by atoms with Crippen molar-refractivity contribution in [3.05, 3.63) is 71.9 Å². The highest BCUT2D eigenvalue weighted by atomic mass is 16.3. The number of benzene rings is 2. The van der Waals surface area contributed by atoms with Crippen LogP contribution in [-0.2, 0) is 0 Å². The van der Waals surface area contributed by atoms with Crippen LogP contribution in [0.5, 0.6) is 5.75 Å². The van der Waals surface area contributed by atoms with Crippen LogP contribution in [0.1, 0.15) is 30.0 Å². The fourth-order valence-corrected chi connectivity index (χ4v) is 3.59. The van der Waals surface area contributed by atoms with E-state index in [1.807, 2.05) is 18.2 Å². The zero-order valence-electron chi connectivity index (χ0n) is 13.0. The summed E-state index contributed by atoms with van der Waals surface area (Å²) in [6.45, 7) is 2.14. The number of nitrogens with zero attached hydrogens (tertiary/aromatic N) is 2. The third-order valence-corrected chi connectivity index (χ3v) is 4.69. The molecule has 23 heavy (non-hydrogen) atoms. The van der Waals surface area contributed by atoms with E-state index in [4.69, 9.17) is 0 Å². The van der Waals surface area contributed by atoms with Crippen molar-refractivity contribution in [2.75, 3.05) is 13.1 Å². The average Bonchev–Trinajstić information content (AvgIpc) is 3.13. The summed E-state index contributed by atoms with van der Waals surface area (Å²) in [5, 5.41) is 11.8. The molecule has 1 saturated heterocycles. The van der Waals surface area contributed by atoms with Crippen molar-refractivity contribution < 1.29 is 5.11 Å². The lowest BCUT2D eigenvalue weighted by molar-refractivity contribution is 0.275. The Morgan fingerprint density at radius 3 is 2.48 bits per heavy atom. The van der Waals surface area contributed by atoms with E-state index in [0.29, 0.717) is 11.3 Å². The maximum Gasteiger partial charge on any atom is 0.146 e. The third-order valence-electron chi connectivity index (χ3n) is 4.69. The predicted octanol–water partition coefficient (Wildman–Crippen LogP) is 4.13. The van der Waals surface area contributed by atoms with Gasteiger partial charge in [-0.05, 0) is 37.6 Å². The Hall–Kier alpha value is -2.39. The van der Waals surface area contributed by atoms with Crippen LogP contribution >= 0.6 is 0 Å². The first-order valence-corrected chi connectivity index (χ1v) is 8.20. The Bertz CT molecular complexity index is 810. The molecule has 1 aromatic heterocycles. The number of likely N-dealkylation sites (tertiary alicyclic amines) is 1. The molecule has 0 spiro atoms. The van der Waals surface area contributed by atoms with Gasteiger partial charge in [0.2, 0.25) is 0 Å². The molecule has 4 rings (SSSR count). The fraction of sp³-hybridized carbons (Fsp3) is 0.250. The molecular weight excluding hydrogens is 284 g/mol. The first-order chi connectivity index (χ1) is 11.3. The largest absolute Gasteiger partial charge is 0.505 e. The monoisotopic (exact) mass is 304 g/mol. The van der Waals surface area contributed by atoms with Crippen molar-refractivity contribution in [1.82, 2.24) is 9.88 Å². The summed E-state index contributed by atoms with van der Waals surface area (Å²) < 4.78 is 0. The summed E-state index contributed by atoms with van der Waals surface area (Å²) in [6.07, 6.45) is 4.17. The number of fused-ring (bicyclic) bond motifs is 1. The maximum atomic E-state index is 10.9. The molecule has 1 aliphatic heterocycles. The minimum atomic E-state index is 0.0881. The van der Waals surface area contributed by atoms with Crippen LogP contribution < -0.4 is 0 Å². The number of rotatable bonds is 3. The van der Waals surface area contributed by atoms with Gasteiger partial charge in [0.05, 0.1) is 6.04 Å². The molecule has 0 aliphatic carbocycles. The van der Waals surface area contributed by atoms with Crippen molar-refractivity contribution in [2.45, 2.75) is 18.9 Å². The van der Waals surface area contributed by atoms with Gasteiger partial charge in [0.1, 0.15) is 11.3 Å². The van der Waals surface area contributed by atoms with Crippen molar-refractivity contribution in [2.24, 2.45) is 0 Å². The maximum absolute atomic E-state index is 10.9. The summed E-state index contributed by atoms with van der Waals surface area (Å²) in [6, 6.07) is 18.5. The van der Waals surface area contributed by atoms with Gasteiger partial charge in [-0.2, -0.15) is 0 Å². The van der Waals surface area contributed by atoms with Gasteiger partial charge in [-0.1, -0.05) is 48.5 Å². The predicted molar refractivity (Wildman–Crippen MR) is 92.5 cm³/mol. The van der Waals surface area contributed by atoms with Gasteiger partial charge in [0.15, 0.2) is 0 Å². The molecule has 3 heteroatoms. The Labute approximate surface area is 136 Å². The second-order valence-corrected chi connectivity index (χ2v) is 6.13. The molecule has 0 radical (unpaired) electrons. The van der Waals surface area contributed by atoms with Crippen LogP contribution in [0.3, 0.4) is 0 Å². The van der Waals surface area contributed by atoms with Gasteiger partial charge < -0.3 is 5.11 Å². The van der Waals surface area contributed by atoms with Gasteiger partial charge in [0, 0.05) is 17.1 Å². The normalized spacial score (nSPS) is 16.7. The van der Waals surface area contributed by atoms with E-state index in [2.05, 4.69) is 46.3 Å². The Balaban J connectivity index is 1.88. The van der Waals surface area contributed by atoms with E-state index in [-0.39, 0.29) is 6.04 Å². The molecule has 3 nitrogen and oxygen atoms in total. The Morgan fingerprint density at radius 2 is 1.70 bits per heavy atom. The molecule has 0 bridgehead atoms. The molecule has 1 fully saturated rings. The molecule has 116 valence electrons.